The van der Waals surface area contributed by atoms with Crippen LogP contribution in [0.25, 0.3) is 0 Å². The Morgan fingerprint density at radius 3 is 2.52 bits per heavy atom. The van der Waals surface area contributed by atoms with Gasteiger partial charge in [-0.3, -0.25) is 19.2 Å². The van der Waals surface area contributed by atoms with Crippen LogP contribution in [-0.4, -0.2) is 66.2 Å². The lowest BCUT2D eigenvalue weighted by Crippen LogP contribution is -2.58. The van der Waals surface area contributed by atoms with E-state index in [4.69, 9.17) is 5.73 Å². The van der Waals surface area contributed by atoms with Crippen molar-refractivity contribution in [2.45, 2.75) is 50.6 Å². The molecular weight excluding hydrogens is 426 g/mol. The average Bonchev–Trinajstić information content (AvgIpc) is 3.40. The molecular formula is C23H33N5O5. The molecule has 2 fully saturated rings. The Morgan fingerprint density at radius 2 is 1.85 bits per heavy atom. The van der Waals surface area contributed by atoms with Crippen molar-refractivity contribution in [1.82, 2.24) is 20.9 Å². The maximum absolute atomic E-state index is 13.6. The Labute approximate surface area is 193 Å². The molecule has 3 aliphatic rings. The van der Waals surface area contributed by atoms with Gasteiger partial charge in [0.2, 0.25) is 17.6 Å². The summed E-state index contributed by atoms with van der Waals surface area (Å²) in [6, 6.07) is -2.34. The van der Waals surface area contributed by atoms with Crippen LogP contribution in [0.2, 0.25) is 0 Å². The van der Waals surface area contributed by atoms with Crippen molar-refractivity contribution in [3.05, 3.63) is 24.8 Å². The first-order valence-corrected chi connectivity index (χ1v) is 11.6. The fraction of sp³-hybridized carbons (Fsp3) is 0.609. The highest BCUT2D eigenvalue weighted by atomic mass is 16.2. The van der Waals surface area contributed by atoms with Crippen LogP contribution in [0.5, 0.6) is 0 Å². The molecule has 0 bridgehead atoms. The summed E-state index contributed by atoms with van der Waals surface area (Å²) in [5.74, 6) is -2.51. The third-order valence-corrected chi connectivity index (χ3v) is 6.81. The zero-order valence-corrected chi connectivity index (χ0v) is 18.8. The number of nitrogens with two attached hydrogens (primary N) is 1. The molecule has 10 nitrogen and oxygen atoms in total. The number of carbonyl (C=O) groups excluding carboxylic acids is 5. The lowest BCUT2D eigenvalue weighted by Gasteiger charge is -2.35. The van der Waals surface area contributed by atoms with E-state index < -0.39 is 42.3 Å². The predicted octanol–water partition coefficient (Wildman–Crippen LogP) is -0.00580. The second-order valence-corrected chi connectivity index (χ2v) is 8.95. The molecule has 4 atom stereocenters. The van der Waals surface area contributed by atoms with Gasteiger partial charge in [-0.1, -0.05) is 37.5 Å². The Hall–Kier alpha value is -3.17. The van der Waals surface area contributed by atoms with Crippen molar-refractivity contribution >= 4 is 29.5 Å². The molecule has 10 heteroatoms. The van der Waals surface area contributed by atoms with E-state index in [1.807, 2.05) is 12.2 Å². The lowest BCUT2D eigenvalue weighted by molar-refractivity contribution is -0.142. The molecule has 0 aromatic heterocycles. The number of likely N-dealkylation sites (tertiary alicyclic amines) is 1. The Balaban J connectivity index is 1.73. The summed E-state index contributed by atoms with van der Waals surface area (Å²) < 4.78 is 0. The Bertz CT molecular complexity index is 835. The number of carbonyl (C=O) groups is 5. The van der Waals surface area contributed by atoms with Gasteiger partial charge < -0.3 is 26.6 Å². The van der Waals surface area contributed by atoms with Crippen molar-refractivity contribution in [1.29, 1.82) is 0 Å². The van der Waals surface area contributed by atoms with Gasteiger partial charge in [-0.05, 0) is 31.1 Å². The summed E-state index contributed by atoms with van der Waals surface area (Å²) in [7, 11) is 0. The maximum atomic E-state index is 13.6. The highest BCUT2D eigenvalue weighted by Crippen LogP contribution is 2.39. The number of amides is 5. The van der Waals surface area contributed by atoms with Crippen LogP contribution in [0.3, 0.4) is 0 Å². The Morgan fingerprint density at radius 1 is 1.12 bits per heavy atom. The molecule has 1 saturated carbocycles. The molecule has 0 aromatic carbocycles. The molecule has 0 spiro atoms. The minimum absolute atomic E-state index is 0.0249. The number of fused-ring (bicyclic) bond motifs is 1. The van der Waals surface area contributed by atoms with Gasteiger partial charge >= 0.3 is 6.03 Å². The van der Waals surface area contributed by atoms with Gasteiger partial charge in [-0.25, -0.2) is 4.79 Å². The first-order valence-electron chi connectivity index (χ1n) is 11.6. The molecule has 2 aliphatic carbocycles. The zero-order chi connectivity index (χ0) is 24.0. The molecule has 5 amide bonds. The Kier molecular flexibility index (Phi) is 8.24. The molecule has 5 N–H and O–H groups in total. The number of allylic oxidation sites excluding steroid dienone is 1. The van der Waals surface area contributed by atoms with E-state index in [9.17, 15) is 24.0 Å². The number of primary amides is 1. The van der Waals surface area contributed by atoms with Crippen molar-refractivity contribution in [2.24, 2.45) is 23.5 Å². The summed E-state index contributed by atoms with van der Waals surface area (Å²) in [6.45, 7) is 3.51. The first-order chi connectivity index (χ1) is 15.8. The lowest BCUT2D eigenvalue weighted by atomic mass is 9.83. The van der Waals surface area contributed by atoms with E-state index in [0.717, 1.165) is 32.1 Å². The summed E-state index contributed by atoms with van der Waals surface area (Å²) in [4.78, 5) is 63.7. The summed E-state index contributed by atoms with van der Waals surface area (Å²) >= 11 is 0. The fourth-order valence-electron chi connectivity index (χ4n) is 5.22. The minimum atomic E-state index is -0.807. The molecule has 3 rings (SSSR count). The molecule has 1 heterocycles. The van der Waals surface area contributed by atoms with Crippen molar-refractivity contribution in [2.75, 3.05) is 19.6 Å². The van der Waals surface area contributed by atoms with Gasteiger partial charge in [-0.15, -0.1) is 6.58 Å². The zero-order valence-electron chi connectivity index (χ0n) is 18.8. The molecule has 0 radical (unpaired) electrons. The van der Waals surface area contributed by atoms with Gasteiger partial charge in [0.15, 0.2) is 0 Å². The summed E-state index contributed by atoms with van der Waals surface area (Å²) in [5, 5.41) is 7.52. The largest absolute Gasteiger partial charge is 0.352 e. The van der Waals surface area contributed by atoms with E-state index >= 15 is 0 Å². The van der Waals surface area contributed by atoms with Crippen LogP contribution < -0.4 is 21.7 Å². The maximum Gasteiger partial charge on any atom is 0.312 e. The third kappa shape index (κ3) is 5.80. The smallest absolute Gasteiger partial charge is 0.312 e. The fourth-order valence-corrected chi connectivity index (χ4v) is 5.22. The standard InChI is InChI=1S/C23H33N5O5/c1-2-11-25-20(30)17(29)12-26-21(31)19-16-10-6-9-15(16)13-28(19)22(32)18(27-23(24)33)14-7-4-3-5-8-14/h2,6,9,14-16,18-19H,1,3-5,7-8,10-13H2,(H,25,30)(H,26,31)(H3,24,27,33)/t15-,16-,18-,19-/m0/s1. The first kappa shape index (κ1) is 24.5. The monoisotopic (exact) mass is 459 g/mol. The van der Waals surface area contributed by atoms with Crippen LogP contribution in [0.15, 0.2) is 24.8 Å². The minimum Gasteiger partial charge on any atom is -0.352 e. The summed E-state index contributed by atoms with van der Waals surface area (Å²) in [5.41, 5.74) is 5.37. The van der Waals surface area contributed by atoms with Crippen molar-refractivity contribution in [3.63, 3.8) is 0 Å². The van der Waals surface area contributed by atoms with E-state index in [2.05, 4.69) is 22.5 Å². The molecule has 0 aromatic rings. The quantitative estimate of drug-likeness (QED) is 0.283. The molecule has 0 unspecified atom stereocenters. The average molecular weight is 460 g/mol. The van der Waals surface area contributed by atoms with Crippen LogP contribution in [0.1, 0.15) is 38.5 Å². The van der Waals surface area contributed by atoms with E-state index in [0.29, 0.717) is 13.0 Å². The highest BCUT2D eigenvalue weighted by molar-refractivity contribution is 6.37. The molecule has 1 aliphatic heterocycles. The van der Waals surface area contributed by atoms with E-state index in [-0.39, 0.29) is 30.2 Å². The number of ketones is 1. The molecule has 180 valence electrons. The van der Waals surface area contributed by atoms with Gasteiger partial charge in [0, 0.05) is 19.0 Å². The number of urea groups is 1. The van der Waals surface area contributed by atoms with Gasteiger partial charge in [0.25, 0.3) is 5.91 Å². The second kappa shape index (κ2) is 11.1. The topological polar surface area (TPSA) is 151 Å². The number of Topliss-reactive ketones (excluding diaryl/α,β-unsaturated/α-hetero) is 1. The number of rotatable bonds is 9. The van der Waals surface area contributed by atoms with Crippen LogP contribution in [0, 0.1) is 17.8 Å². The summed E-state index contributed by atoms with van der Waals surface area (Å²) in [6.07, 6.45) is 10.7. The van der Waals surface area contributed by atoms with E-state index in [1.165, 1.54) is 11.0 Å². The van der Waals surface area contributed by atoms with Gasteiger partial charge in [0.1, 0.15) is 12.1 Å². The van der Waals surface area contributed by atoms with Gasteiger partial charge in [0.05, 0.1) is 6.54 Å². The van der Waals surface area contributed by atoms with Gasteiger partial charge in [-0.2, -0.15) is 0 Å². The second-order valence-electron chi connectivity index (χ2n) is 8.95. The number of hydrogen-bond donors (Lipinski definition) is 4. The SMILES string of the molecule is C=CCNC(=O)C(=O)CNC(=O)[C@@H]1[C@H]2CC=C[C@H]2CN1C(=O)[C@@H](NC(N)=O)C1CCCCC1. The number of nitrogens with one attached hydrogen (secondary N) is 3. The number of nitrogens with zero attached hydrogens (tertiary/aromatic N) is 1. The molecule has 1 saturated heterocycles. The van der Waals surface area contributed by atoms with Crippen molar-refractivity contribution in [3.8, 4) is 0 Å². The predicted molar refractivity (Wildman–Crippen MR) is 121 cm³/mol. The highest BCUT2D eigenvalue weighted by Gasteiger charge is 2.50. The van der Waals surface area contributed by atoms with Crippen LogP contribution in [-0.2, 0) is 19.2 Å². The van der Waals surface area contributed by atoms with E-state index in [1.54, 1.807) is 0 Å². The number of hydrogen-bond acceptors (Lipinski definition) is 5. The van der Waals surface area contributed by atoms with Crippen molar-refractivity contribution < 1.29 is 24.0 Å². The molecule has 33 heavy (non-hydrogen) atoms. The third-order valence-electron chi connectivity index (χ3n) is 6.81. The van der Waals surface area contributed by atoms with Crippen LogP contribution in [0.4, 0.5) is 4.79 Å². The normalized spacial score (nSPS) is 25.1. The van der Waals surface area contributed by atoms with Crippen LogP contribution >= 0.6 is 0 Å².